The fourth-order valence-electron chi connectivity index (χ4n) is 4.03. The van der Waals surface area contributed by atoms with Crippen molar-refractivity contribution in [1.82, 2.24) is 10.2 Å². The Morgan fingerprint density at radius 2 is 1.84 bits per heavy atom. The van der Waals surface area contributed by atoms with Gasteiger partial charge in [0, 0.05) is 21.6 Å². The lowest BCUT2D eigenvalue weighted by Gasteiger charge is -2.35. The Balaban J connectivity index is 1.63. The van der Waals surface area contributed by atoms with Gasteiger partial charge < -0.3 is 4.74 Å². The largest absolute Gasteiger partial charge is 0.488 e. The van der Waals surface area contributed by atoms with E-state index in [2.05, 4.69) is 21.2 Å². The third-order valence-corrected chi connectivity index (χ3v) is 6.18. The van der Waals surface area contributed by atoms with Crippen molar-refractivity contribution in [2.24, 2.45) is 0 Å². The van der Waals surface area contributed by atoms with Gasteiger partial charge in [-0.05, 0) is 43.2 Å². The topological polar surface area (TPSA) is 75.7 Å². The molecular formula is C24H22BrFN2O4. The molecule has 4 rings (SSSR count). The summed E-state index contributed by atoms with van der Waals surface area (Å²) in [6, 6.07) is 10.5. The van der Waals surface area contributed by atoms with Gasteiger partial charge >= 0.3 is 6.03 Å². The highest BCUT2D eigenvalue weighted by Gasteiger charge is 2.40. The molecule has 2 aromatic carbocycles. The minimum absolute atomic E-state index is 0.0166. The molecule has 166 valence electrons. The van der Waals surface area contributed by atoms with Crippen LogP contribution in [0, 0.1) is 5.82 Å². The van der Waals surface area contributed by atoms with Crippen LogP contribution in [-0.2, 0) is 16.2 Å². The highest BCUT2D eigenvalue weighted by atomic mass is 79.9. The van der Waals surface area contributed by atoms with Crippen LogP contribution in [0.3, 0.4) is 0 Å². The van der Waals surface area contributed by atoms with Crippen LogP contribution < -0.4 is 10.1 Å². The minimum atomic E-state index is -0.743. The molecule has 1 aliphatic carbocycles. The molecule has 0 radical (unpaired) electrons. The zero-order valence-corrected chi connectivity index (χ0v) is 18.9. The summed E-state index contributed by atoms with van der Waals surface area (Å²) in [5.74, 6) is -1.35. The molecule has 0 atom stereocenters. The summed E-state index contributed by atoms with van der Waals surface area (Å²) in [4.78, 5) is 39.2. The van der Waals surface area contributed by atoms with E-state index >= 15 is 0 Å². The van der Waals surface area contributed by atoms with E-state index in [1.165, 1.54) is 17.0 Å². The molecule has 2 aromatic rings. The lowest BCUT2D eigenvalue weighted by Crippen LogP contribution is -2.58. The zero-order valence-electron chi connectivity index (χ0n) is 17.3. The number of rotatable bonds is 5. The molecule has 1 heterocycles. The number of urea groups is 1. The quantitative estimate of drug-likeness (QED) is 0.464. The van der Waals surface area contributed by atoms with Crippen LogP contribution in [0.1, 0.15) is 43.2 Å². The van der Waals surface area contributed by atoms with E-state index in [1.54, 1.807) is 36.4 Å². The molecule has 8 heteroatoms. The summed E-state index contributed by atoms with van der Waals surface area (Å²) in [7, 11) is 0. The first kappa shape index (κ1) is 22.2. The minimum Gasteiger partial charge on any atom is -0.488 e. The maximum atomic E-state index is 14.0. The molecule has 0 spiro atoms. The van der Waals surface area contributed by atoms with Gasteiger partial charge in [0.05, 0.1) is 0 Å². The maximum Gasteiger partial charge on any atom is 0.331 e. The molecule has 2 fully saturated rings. The third kappa shape index (κ3) is 4.75. The number of benzene rings is 2. The van der Waals surface area contributed by atoms with Gasteiger partial charge in [-0.3, -0.25) is 19.8 Å². The number of hydrogen-bond acceptors (Lipinski definition) is 4. The number of carbonyl (C=O) groups is 3. The molecule has 0 unspecified atom stereocenters. The van der Waals surface area contributed by atoms with E-state index in [-0.39, 0.29) is 24.0 Å². The number of carbonyl (C=O) groups excluding carboxylic acids is 3. The number of nitrogens with one attached hydrogen (secondary N) is 1. The second kappa shape index (κ2) is 9.65. The first-order chi connectivity index (χ1) is 15.4. The smallest absolute Gasteiger partial charge is 0.331 e. The monoisotopic (exact) mass is 500 g/mol. The van der Waals surface area contributed by atoms with Crippen molar-refractivity contribution in [3.05, 3.63) is 69.5 Å². The number of imide groups is 2. The number of ether oxygens (including phenoxy) is 1. The van der Waals surface area contributed by atoms with Gasteiger partial charge in [0.1, 0.15) is 23.7 Å². The summed E-state index contributed by atoms with van der Waals surface area (Å²) >= 11 is 3.39. The molecule has 1 aliphatic heterocycles. The second-order valence-electron chi connectivity index (χ2n) is 7.85. The van der Waals surface area contributed by atoms with E-state index in [9.17, 15) is 18.8 Å². The normalized spacial score (nSPS) is 18.8. The van der Waals surface area contributed by atoms with E-state index in [0.717, 1.165) is 32.1 Å². The summed E-state index contributed by atoms with van der Waals surface area (Å²) in [6.45, 7) is -0.0166. The molecule has 0 bridgehead atoms. The average molecular weight is 501 g/mol. The summed E-state index contributed by atoms with van der Waals surface area (Å²) in [5.41, 5.74) is 0.714. The fraction of sp³-hybridized carbons (Fsp3) is 0.292. The molecule has 1 N–H and O–H groups in total. The van der Waals surface area contributed by atoms with Crippen molar-refractivity contribution in [2.75, 3.05) is 0 Å². The maximum absolute atomic E-state index is 14.0. The van der Waals surface area contributed by atoms with Gasteiger partial charge in [-0.1, -0.05) is 53.4 Å². The molecule has 4 amide bonds. The SMILES string of the molecule is O=C1NC(=O)N(C2CCCCC2)C(=O)C1=Cc1cc(Br)ccc1OCc1ccccc1F. The van der Waals surface area contributed by atoms with Crippen molar-refractivity contribution >= 4 is 39.9 Å². The van der Waals surface area contributed by atoms with E-state index in [4.69, 9.17) is 4.74 Å². The lowest BCUT2D eigenvalue weighted by atomic mass is 9.93. The first-order valence-corrected chi connectivity index (χ1v) is 11.3. The van der Waals surface area contributed by atoms with Gasteiger partial charge in [0.15, 0.2) is 0 Å². The number of barbiturate groups is 1. The molecule has 32 heavy (non-hydrogen) atoms. The number of amides is 4. The standard InChI is InChI=1S/C24H22BrFN2O4/c25-17-10-11-21(32-14-15-6-4-5-9-20(15)26)16(12-17)13-19-22(29)27-24(31)28(23(19)30)18-7-2-1-3-8-18/h4-6,9-13,18H,1-3,7-8,14H2,(H,27,29,31). The third-order valence-electron chi connectivity index (χ3n) is 5.69. The molecule has 6 nitrogen and oxygen atoms in total. The van der Waals surface area contributed by atoms with Crippen LogP contribution >= 0.6 is 15.9 Å². The Morgan fingerprint density at radius 3 is 2.59 bits per heavy atom. The summed E-state index contributed by atoms with van der Waals surface area (Å²) in [5, 5.41) is 2.28. The van der Waals surface area contributed by atoms with Crippen LogP contribution in [0.25, 0.3) is 6.08 Å². The predicted molar refractivity (Wildman–Crippen MR) is 120 cm³/mol. The zero-order chi connectivity index (χ0) is 22.7. The molecular weight excluding hydrogens is 479 g/mol. The second-order valence-corrected chi connectivity index (χ2v) is 8.76. The average Bonchev–Trinajstić information content (AvgIpc) is 2.77. The molecule has 1 saturated carbocycles. The van der Waals surface area contributed by atoms with Gasteiger partial charge in [0.25, 0.3) is 11.8 Å². The van der Waals surface area contributed by atoms with Crippen molar-refractivity contribution in [2.45, 2.75) is 44.8 Å². The lowest BCUT2D eigenvalue weighted by molar-refractivity contribution is -0.132. The van der Waals surface area contributed by atoms with Crippen LogP contribution in [-0.4, -0.2) is 28.8 Å². The van der Waals surface area contributed by atoms with Gasteiger partial charge in [0.2, 0.25) is 0 Å². The van der Waals surface area contributed by atoms with Crippen LogP contribution in [0.5, 0.6) is 5.75 Å². The Labute approximate surface area is 193 Å². The van der Waals surface area contributed by atoms with Crippen molar-refractivity contribution in [1.29, 1.82) is 0 Å². The highest BCUT2D eigenvalue weighted by Crippen LogP contribution is 2.30. The van der Waals surface area contributed by atoms with Gasteiger partial charge in [-0.2, -0.15) is 0 Å². The van der Waals surface area contributed by atoms with E-state index in [1.807, 2.05) is 0 Å². The fourth-order valence-corrected chi connectivity index (χ4v) is 4.41. The van der Waals surface area contributed by atoms with Crippen LogP contribution in [0.15, 0.2) is 52.5 Å². The first-order valence-electron chi connectivity index (χ1n) is 10.5. The number of nitrogens with zero attached hydrogens (tertiary/aromatic N) is 1. The Morgan fingerprint density at radius 1 is 1.09 bits per heavy atom. The number of halogens is 2. The van der Waals surface area contributed by atoms with Crippen molar-refractivity contribution in [3.63, 3.8) is 0 Å². The van der Waals surface area contributed by atoms with E-state index in [0.29, 0.717) is 21.3 Å². The van der Waals surface area contributed by atoms with Gasteiger partial charge in [-0.25, -0.2) is 9.18 Å². The molecule has 1 saturated heterocycles. The predicted octanol–water partition coefficient (Wildman–Crippen LogP) is 4.96. The Hall–Kier alpha value is -3.00. The van der Waals surface area contributed by atoms with E-state index < -0.39 is 17.8 Å². The molecule has 0 aromatic heterocycles. The summed E-state index contributed by atoms with van der Waals surface area (Å²) < 4.78 is 20.5. The Bertz CT molecular complexity index is 1100. The van der Waals surface area contributed by atoms with Crippen molar-refractivity contribution in [3.8, 4) is 5.75 Å². The Kier molecular flexibility index (Phi) is 6.69. The van der Waals surface area contributed by atoms with Gasteiger partial charge in [-0.15, -0.1) is 0 Å². The van der Waals surface area contributed by atoms with Crippen LogP contribution in [0.4, 0.5) is 9.18 Å². The van der Waals surface area contributed by atoms with Crippen molar-refractivity contribution < 1.29 is 23.5 Å². The molecule has 2 aliphatic rings. The van der Waals surface area contributed by atoms with Crippen LogP contribution in [0.2, 0.25) is 0 Å². The summed E-state index contributed by atoms with van der Waals surface area (Å²) in [6.07, 6.45) is 5.83. The highest BCUT2D eigenvalue weighted by molar-refractivity contribution is 9.10. The number of hydrogen-bond donors (Lipinski definition) is 1.